The zero-order chi connectivity index (χ0) is 19.5. The number of benzene rings is 1. The molecule has 26 heavy (non-hydrogen) atoms. The fraction of sp³-hybridized carbons (Fsp3) is 0.500. The second-order valence-corrected chi connectivity index (χ2v) is 7.47. The molecule has 142 valence electrons. The molecular weight excluding hydrogens is 360 g/mol. The number of nitrogens with one attached hydrogen (secondary N) is 2. The van der Waals surface area contributed by atoms with Crippen molar-refractivity contribution in [2.24, 2.45) is 5.92 Å². The number of fused-ring (bicyclic) bond motifs is 1. The average Bonchev–Trinajstić information content (AvgIpc) is 2.89. The van der Waals surface area contributed by atoms with Gasteiger partial charge in [0.1, 0.15) is 17.6 Å². The van der Waals surface area contributed by atoms with Crippen molar-refractivity contribution in [3.05, 3.63) is 28.3 Å². The van der Waals surface area contributed by atoms with Gasteiger partial charge < -0.3 is 24.9 Å². The Morgan fingerprint density at radius 1 is 1.35 bits per heavy atom. The van der Waals surface area contributed by atoms with Gasteiger partial charge in [0, 0.05) is 18.0 Å². The van der Waals surface area contributed by atoms with Crippen LogP contribution in [-0.4, -0.2) is 37.5 Å². The van der Waals surface area contributed by atoms with Crippen LogP contribution >= 0.6 is 11.6 Å². The van der Waals surface area contributed by atoms with Gasteiger partial charge in [0.25, 0.3) is 5.91 Å². The lowest BCUT2D eigenvalue weighted by Gasteiger charge is -2.23. The van der Waals surface area contributed by atoms with Crippen molar-refractivity contribution in [1.82, 2.24) is 10.6 Å². The molecule has 1 aliphatic carbocycles. The quantitative estimate of drug-likeness (QED) is 0.763. The Balaban J connectivity index is 2.25. The lowest BCUT2D eigenvalue weighted by molar-refractivity contribution is -0.122. The van der Waals surface area contributed by atoms with Crippen molar-refractivity contribution < 1.29 is 23.9 Å². The Morgan fingerprint density at radius 3 is 2.62 bits per heavy atom. The first-order valence-corrected chi connectivity index (χ1v) is 8.63. The van der Waals surface area contributed by atoms with E-state index >= 15 is 0 Å². The van der Waals surface area contributed by atoms with E-state index in [9.17, 15) is 14.4 Å². The maximum Gasteiger partial charge on any atom is 0.408 e. The topological polar surface area (TPSA) is 93.7 Å². The molecule has 0 aliphatic heterocycles. The Kier molecular flexibility index (Phi) is 6.13. The molecule has 0 spiro atoms. The summed E-state index contributed by atoms with van der Waals surface area (Å²) >= 11 is 6.31. The van der Waals surface area contributed by atoms with E-state index in [1.54, 1.807) is 32.9 Å². The van der Waals surface area contributed by atoms with Gasteiger partial charge in [-0.15, -0.1) is 0 Å². The number of carbonyl (C=O) groups is 3. The van der Waals surface area contributed by atoms with Crippen LogP contribution in [0, 0.1) is 5.92 Å². The Labute approximate surface area is 157 Å². The summed E-state index contributed by atoms with van der Waals surface area (Å²) in [6.07, 6.45) is 0.590. The van der Waals surface area contributed by atoms with Gasteiger partial charge in [-0.2, -0.15) is 0 Å². The number of hydrogen-bond acceptors (Lipinski definition) is 5. The van der Waals surface area contributed by atoms with Crippen LogP contribution in [0.5, 0.6) is 5.75 Å². The van der Waals surface area contributed by atoms with E-state index < -0.39 is 23.7 Å². The summed E-state index contributed by atoms with van der Waals surface area (Å²) in [7, 11) is 1.51. The van der Waals surface area contributed by atoms with Crippen molar-refractivity contribution >= 4 is 29.9 Å². The van der Waals surface area contributed by atoms with E-state index in [0.29, 0.717) is 22.8 Å². The number of alkyl carbamates (subject to hydrolysis) is 1. The van der Waals surface area contributed by atoms with Crippen LogP contribution in [-0.2, 0) is 20.7 Å². The third-order valence-corrected chi connectivity index (χ3v) is 4.24. The highest BCUT2D eigenvalue weighted by Crippen LogP contribution is 2.41. The summed E-state index contributed by atoms with van der Waals surface area (Å²) < 4.78 is 10.7. The Morgan fingerprint density at radius 2 is 2.04 bits per heavy atom. The van der Waals surface area contributed by atoms with Crippen molar-refractivity contribution in [2.75, 3.05) is 13.7 Å². The predicted octanol–water partition coefficient (Wildman–Crippen LogP) is 2.40. The number of hydrogen-bond donors (Lipinski definition) is 2. The van der Waals surface area contributed by atoms with Gasteiger partial charge in [-0.25, -0.2) is 4.79 Å². The van der Waals surface area contributed by atoms with Gasteiger partial charge in [-0.3, -0.25) is 4.79 Å². The fourth-order valence-corrected chi connectivity index (χ4v) is 3.05. The molecule has 2 atom stereocenters. The van der Waals surface area contributed by atoms with Gasteiger partial charge in [0.15, 0.2) is 6.61 Å². The largest absolute Gasteiger partial charge is 0.484 e. The summed E-state index contributed by atoms with van der Waals surface area (Å²) in [4.78, 5) is 35.0. The first-order chi connectivity index (χ1) is 12.1. The fourth-order valence-electron chi connectivity index (χ4n) is 2.76. The summed E-state index contributed by atoms with van der Waals surface area (Å²) in [5.74, 6) is -0.347. The van der Waals surface area contributed by atoms with E-state index in [4.69, 9.17) is 21.1 Å². The highest BCUT2D eigenvalue weighted by Gasteiger charge is 2.36. The van der Waals surface area contributed by atoms with Crippen molar-refractivity contribution in [3.8, 4) is 5.75 Å². The Hall–Kier alpha value is -2.28. The van der Waals surface area contributed by atoms with Crippen LogP contribution in [0.2, 0.25) is 5.02 Å². The number of rotatable bonds is 5. The second-order valence-electron chi connectivity index (χ2n) is 7.06. The minimum absolute atomic E-state index is 0.160. The highest BCUT2D eigenvalue weighted by atomic mass is 35.5. The minimum atomic E-state index is -0.654. The molecule has 1 aromatic carbocycles. The molecule has 1 aliphatic rings. The zero-order valence-corrected chi connectivity index (χ0v) is 16.0. The van der Waals surface area contributed by atoms with Crippen molar-refractivity contribution in [2.45, 2.75) is 38.8 Å². The van der Waals surface area contributed by atoms with Crippen LogP contribution in [0.25, 0.3) is 0 Å². The Bertz CT molecular complexity index is 714. The monoisotopic (exact) mass is 382 g/mol. The lowest BCUT2D eigenvalue weighted by Crippen LogP contribution is -2.36. The van der Waals surface area contributed by atoms with Crippen LogP contribution in [0.1, 0.15) is 37.9 Å². The zero-order valence-electron chi connectivity index (χ0n) is 15.2. The number of likely N-dealkylation sites (N-methyl/N-ethyl adjacent to an activating group) is 1. The summed E-state index contributed by atoms with van der Waals surface area (Å²) in [6, 6.07) is 2.72. The molecule has 2 amide bonds. The second kappa shape index (κ2) is 7.95. The number of halogens is 1. The van der Waals surface area contributed by atoms with Crippen LogP contribution < -0.4 is 15.4 Å². The normalized spacial score (nSPS) is 18.7. The van der Waals surface area contributed by atoms with E-state index in [1.165, 1.54) is 7.05 Å². The maximum atomic E-state index is 12.1. The highest BCUT2D eigenvalue weighted by molar-refractivity contribution is 6.31. The predicted molar refractivity (Wildman–Crippen MR) is 96.4 cm³/mol. The molecule has 0 saturated heterocycles. The molecule has 2 rings (SSSR count). The van der Waals surface area contributed by atoms with Crippen LogP contribution in [0.15, 0.2) is 12.1 Å². The maximum absolute atomic E-state index is 12.1. The van der Waals surface area contributed by atoms with E-state index in [1.807, 2.05) is 0 Å². The van der Waals surface area contributed by atoms with Gasteiger partial charge in [-0.05, 0) is 50.5 Å². The molecule has 1 aromatic rings. The molecule has 0 heterocycles. The van der Waals surface area contributed by atoms with Gasteiger partial charge in [-0.1, -0.05) is 11.6 Å². The van der Waals surface area contributed by atoms with Crippen molar-refractivity contribution in [1.29, 1.82) is 0 Å². The molecule has 8 heteroatoms. The first kappa shape index (κ1) is 20.0. The molecule has 0 bridgehead atoms. The van der Waals surface area contributed by atoms with E-state index in [-0.39, 0.29) is 12.5 Å². The van der Waals surface area contributed by atoms with E-state index in [0.717, 1.165) is 11.8 Å². The number of aldehydes is 1. The molecule has 0 saturated carbocycles. The minimum Gasteiger partial charge on any atom is -0.484 e. The molecule has 2 N–H and O–H groups in total. The SMILES string of the molecule is CNC(=O)COc1cc(Cl)c2c(c1)[C@@H](NC(=O)OC(C)(C)C)[C@H](C=O)C2. The third kappa shape index (κ3) is 4.88. The molecule has 0 fully saturated rings. The summed E-state index contributed by atoms with van der Waals surface area (Å²) in [6.45, 7) is 5.11. The van der Waals surface area contributed by atoms with E-state index in [2.05, 4.69) is 10.6 Å². The van der Waals surface area contributed by atoms with Crippen molar-refractivity contribution in [3.63, 3.8) is 0 Å². The number of amides is 2. The average molecular weight is 383 g/mol. The van der Waals surface area contributed by atoms with Gasteiger partial charge in [0.05, 0.1) is 6.04 Å². The molecule has 0 aromatic heterocycles. The molecule has 0 unspecified atom stereocenters. The first-order valence-electron chi connectivity index (χ1n) is 8.25. The third-order valence-electron chi connectivity index (χ3n) is 3.90. The summed E-state index contributed by atoms with van der Waals surface area (Å²) in [5.41, 5.74) is 0.808. The molecule has 0 radical (unpaired) electrons. The van der Waals surface area contributed by atoms with Gasteiger partial charge in [0.2, 0.25) is 0 Å². The molecule has 7 nitrogen and oxygen atoms in total. The lowest BCUT2D eigenvalue weighted by atomic mass is 10.0. The number of carbonyl (C=O) groups excluding carboxylic acids is 3. The van der Waals surface area contributed by atoms with Gasteiger partial charge >= 0.3 is 6.09 Å². The summed E-state index contributed by atoms with van der Waals surface area (Å²) in [5, 5.41) is 5.62. The smallest absolute Gasteiger partial charge is 0.408 e. The molecular formula is C18H23ClN2O5. The van der Waals surface area contributed by atoms with Crippen LogP contribution in [0.4, 0.5) is 4.79 Å². The van der Waals surface area contributed by atoms with Crippen LogP contribution in [0.3, 0.4) is 0 Å². The standard InChI is InChI=1S/C18H23ClN2O5/c1-18(2,3)26-17(24)21-16-10(8-22)5-12-13(16)6-11(7-14(12)19)25-9-15(23)20-4/h6-8,10,16H,5,9H2,1-4H3,(H,20,23)(H,21,24)/t10-,16-/m0/s1. The number of ether oxygens (including phenoxy) is 2.